The van der Waals surface area contributed by atoms with Crippen molar-refractivity contribution >= 4 is 17.3 Å². The van der Waals surface area contributed by atoms with Crippen molar-refractivity contribution in [2.45, 2.75) is 0 Å². The predicted octanol–water partition coefficient (Wildman–Crippen LogP) is 3.19. The van der Waals surface area contributed by atoms with Crippen molar-refractivity contribution < 1.29 is 4.39 Å². The van der Waals surface area contributed by atoms with Crippen LogP contribution in [0.5, 0.6) is 0 Å². The summed E-state index contributed by atoms with van der Waals surface area (Å²) < 4.78 is 14.5. The minimum absolute atomic E-state index is 0.217. The molecule has 1 aliphatic rings. The molecular weight excluding hydrogens is 201 g/mol. The van der Waals surface area contributed by atoms with E-state index in [0.29, 0.717) is 6.54 Å². The molecule has 1 aliphatic heterocycles. The molecule has 1 heterocycles. The van der Waals surface area contributed by atoms with Crippen molar-refractivity contribution in [2.24, 2.45) is 0 Å². The first-order valence-corrected chi connectivity index (χ1v) is 4.66. The van der Waals surface area contributed by atoms with Gasteiger partial charge in [-0.1, -0.05) is 18.2 Å². The van der Waals surface area contributed by atoms with Crippen molar-refractivity contribution in [2.75, 3.05) is 6.54 Å². The van der Waals surface area contributed by atoms with Crippen molar-refractivity contribution in [1.82, 2.24) is 4.42 Å². The fraction of sp³-hybridized carbons (Fsp3) is 0.0909. The van der Waals surface area contributed by atoms with Crippen LogP contribution in [0.15, 0.2) is 42.6 Å². The lowest BCUT2D eigenvalue weighted by atomic mass is 10.0. The molecule has 72 valence electrons. The minimum Gasteiger partial charge on any atom is -0.289 e. The molecule has 0 saturated heterocycles. The monoisotopic (exact) mass is 209 g/mol. The number of nitrogens with zero attached hydrogens (tertiary/aromatic N) is 1. The summed E-state index contributed by atoms with van der Waals surface area (Å²) in [7, 11) is 0. The highest BCUT2D eigenvalue weighted by Crippen LogP contribution is 2.20. The van der Waals surface area contributed by atoms with E-state index in [4.69, 9.17) is 11.8 Å². The van der Waals surface area contributed by atoms with E-state index in [2.05, 4.69) is 0 Å². The molecule has 0 atom stereocenters. The third-order valence-corrected chi connectivity index (χ3v) is 2.31. The Balaban J connectivity index is 2.29. The van der Waals surface area contributed by atoms with E-state index in [1.165, 1.54) is 12.1 Å². The lowest BCUT2D eigenvalue weighted by molar-refractivity contribution is 0.627. The summed E-state index contributed by atoms with van der Waals surface area (Å²) in [4.78, 5) is 0. The largest absolute Gasteiger partial charge is 0.289 e. The summed E-state index contributed by atoms with van der Waals surface area (Å²) in [5, 5.41) is 0. The maximum atomic E-state index is 12.9. The van der Waals surface area contributed by atoms with Gasteiger partial charge in [0, 0.05) is 18.0 Å². The van der Waals surface area contributed by atoms with Crippen LogP contribution < -0.4 is 0 Å². The van der Waals surface area contributed by atoms with Crippen LogP contribution >= 0.6 is 11.8 Å². The lowest BCUT2D eigenvalue weighted by Crippen LogP contribution is -2.07. The summed E-state index contributed by atoms with van der Waals surface area (Å²) in [6.45, 7) is 0.643. The Morgan fingerprint density at radius 2 is 2.21 bits per heavy atom. The van der Waals surface area contributed by atoms with Gasteiger partial charge in [-0.3, -0.25) is 4.42 Å². The van der Waals surface area contributed by atoms with E-state index in [1.807, 2.05) is 18.2 Å². The highest BCUT2D eigenvalue weighted by molar-refractivity contribution is 6.14. The van der Waals surface area contributed by atoms with Crippen molar-refractivity contribution in [3.05, 3.63) is 54.0 Å². The van der Waals surface area contributed by atoms with Gasteiger partial charge < -0.3 is 0 Å². The fourth-order valence-corrected chi connectivity index (χ4v) is 1.48. The number of rotatable bonds is 1. The molecule has 1 nitrogen and oxygen atoms in total. The zero-order valence-corrected chi connectivity index (χ0v) is 8.21. The number of allylic oxidation sites excluding steroid dienone is 2. The second-order valence-electron chi connectivity index (χ2n) is 3.07. The first-order chi connectivity index (χ1) is 6.75. The molecule has 0 aromatic heterocycles. The van der Waals surface area contributed by atoms with Crippen molar-refractivity contribution in [3.8, 4) is 0 Å². The third kappa shape index (κ3) is 1.96. The van der Waals surface area contributed by atoms with Crippen LogP contribution in [0.2, 0.25) is 0 Å². The average molecular weight is 210 g/mol. The van der Waals surface area contributed by atoms with E-state index in [0.717, 1.165) is 11.1 Å². The SMILES string of the molecule is Fc1cccc(C2=CCN(Cl)C=C2)c1. The third-order valence-electron chi connectivity index (χ3n) is 2.06. The van der Waals surface area contributed by atoms with Crippen LogP contribution in [0.4, 0.5) is 4.39 Å². The summed E-state index contributed by atoms with van der Waals surface area (Å²) in [5.41, 5.74) is 1.88. The Kier molecular flexibility index (Phi) is 2.55. The molecule has 2 rings (SSSR count). The Morgan fingerprint density at radius 3 is 2.86 bits per heavy atom. The molecule has 1 aromatic rings. The van der Waals surface area contributed by atoms with Gasteiger partial charge in [0.2, 0.25) is 0 Å². The van der Waals surface area contributed by atoms with Crippen molar-refractivity contribution in [1.29, 1.82) is 0 Å². The molecule has 0 radical (unpaired) electrons. The van der Waals surface area contributed by atoms with Crippen LogP contribution in [0.1, 0.15) is 5.56 Å². The van der Waals surface area contributed by atoms with E-state index in [9.17, 15) is 4.39 Å². The molecule has 0 spiro atoms. The molecule has 0 aliphatic carbocycles. The second-order valence-corrected chi connectivity index (χ2v) is 3.50. The van der Waals surface area contributed by atoms with Gasteiger partial charge in [-0.05, 0) is 29.3 Å². The van der Waals surface area contributed by atoms with Gasteiger partial charge in [-0.2, -0.15) is 0 Å². The topological polar surface area (TPSA) is 3.24 Å². The molecule has 0 saturated carbocycles. The number of benzene rings is 1. The minimum atomic E-state index is -0.217. The number of halogens is 2. The molecule has 0 unspecified atom stereocenters. The van der Waals surface area contributed by atoms with Crippen LogP contribution in [-0.2, 0) is 0 Å². The summed E-state index contributed by atoms with van der Waals surface area (Å²) in [5.74, 6) is -0.217. The van der Waals surface area contributed by atoms with Crippen LogP contribution in [-0.4, -0.2) is 11.0 Å². The molecule has 3 heteroatoms. The second kappa shape index (κ2) is 3.84. The van der Waals surface area contributed by atoms with Gasteiger partial charge in [-0.25, -0.2) is 4.39 Å². The molecule has 0 fully saturated rings. The molecule has 1 aromatic carbocycles. The first kappa shape index (κ1) is 9.28. The van der Waals surface area contributed by atoms with Crippen molar-refractivity contribution in [3.63, 3.8) is 0 Å². The summed E-state index contributed by atoms with van der Waals surface area (Å²) >= 11 is 5.73. The van der Waals surface area contributed by atoms with Gasteiger partial charge in [0.1, 0.15) is 5.82 Å². The smallest absolute Gasteiger partial charge is 0.123 e. The molecule has 14 heavy (non-hydrogen) atoms. The standard InChI is InChI=1S/C11H9ClFN/c12-14-6-4-9(5-7-14)10-2-1-3-11(13)8-10/h1-6,8H,7H2. The van der Waals surface area contributed by atoms with Crippen LogP contribution in [0, 0.1) is 5.82 Å². The predicted molar refractivity (Wildman–Crippen MR) is 56.1 cm³/mol. The Morgan fingerprint density at radius 1 is 1.36 bits per heavy atom. The van der Waals surface area contributed by atoms with E-state index >= 15 is 0 Å². The zero-order valence-electron chi connectivity index (χ0n) is 7.45. The molecular formula is C11H9ClFN. The van der Waals surface area contributed by atoms with Crippen LogP contribution in [0.3, 0.4) is 0 Å². The molecule has 0 amide bonds. The van der Waals surface area contributed by atoms with E-state index in [1.54, 1.807) is 16.7 Å². The highest BCUT2D eigenvalue weighted by atomic mass is 35.5. The Hall–Kier alpha value is -1.28. The number of hydrogen-bond acceptors (Lipinski definition) is 1. The van der Waals surface area contributed by atoms with Gasteiger partial charge in [0.25, 0.3) is 0 Å². The van der Waals surface area contributed by atoms with Crippen LogP contribution in [0.25, 0.3) is 5.57 Å². The van der Waals surface area contributed by atoms with Gasteiger partial charge >= 0.3 is 0 Å². The van der Waals surface area contributed by atoms with Gasteiger partial charge in [0.05, 0.1) is 6.54 Å². The zero-order chi connectivity index (χ0) is 9.97. The summed E-state index contributed by atoms with van der Waals surface area (Å²) in [6, 6.07) is 6.53. The highest BCUT2D eigenvalue weighted by Gasteiger charge is 2.04. The quantitative estimate of drug-likeness (QED) is 0.642. The van der Waals surface area contributed by atoms with Gasteiger partial charge in [-0.15, -0.1) is 0 Å². The normalized spacial score (nSPS) is 15.6. The Labute approximate surface area is 87.2 Å². The average Bonchev–Trinajstić information content (AvgIpc) is 2.19. The van der Waals surface area contributed by atoms with E-state index < -0.39 is 0 Å². The fourth-order valence-electron chi connectivity index (χ4n) is 1.36. The summed E-state index contributed by atoms with van der Waals surface area (Å²) in [6.07, 6.45) is 5.59. The maximum absolute atomic E-state index is 12.9. The lowest BCUT2D eigenvalue weighted by Gasteiger charge is -2.14. The number of hydrogen-bond donors (Lipinski definition) is 0. The van der Waals surface area contributed by atoms with Gasteiger partial charge in [0.15, 0.2) is 0 Å². The first-order valence-electron chi connectivity index (χ1n) is 4.32. The Bertz CT molecular complexity index is 398. The molecule has 0 bridgehead atoms. The molecule has 0 N–H and O–H groups in total. The van der Waals surface area contributed by atoms with E-state index in [-0.39, 0.29) is 5.82 Å². The maximum Gasteiger partial charge on any atom is 0.123 e.